The number of methoxy groups -OCH3 is 1. The van der Waals surface area contributed by atoms with Crippen LogP contribution in [0.5, 0.6) is 0 Å². The number of rotatable bonds is 9. The highest BCUT2D eigenvalue weighted by Gasteiger charge is 2.29. The molecule has 1 unspecified atom stereocenters. The van der Waals surface area contributed by atoms with E-state index in [9.17, 15) is 9.00 Å². The van der Waals surface area contributed by atoms with Crippen LogP contribution in [0, 0.1) is 0 Å². The molecular weight excluding hydrogens is 430 g/mol. The van der Waals surface area contributed by atoms with Crippen molar-refractivity contribution in [2.75, 3.05) is 36.5 Å². The Morgan fingerprint density at radius 1 is 1.25 bits per heavy atom. The molecule has 10 nitrogen and oxygen atoms in total. The number of imidazole rings is 1. The molecule has 1 saturated carbocycles. The maximum Gasteiger partial charge on any atom is 0.406 e. The monoisotopic (exact) mass is 455 g/mol. The van der Waals surface area contributed by atoms with E-state index >= 15 is 0 Å². The van der Waals surface area contributed by atoms with Crippen LogP contribution in [0.2, 0.25) is 0 Å². The summed E-state index contributed by atoms with van der Waals surface area (Å²) < 4.78 is 19.1. The minimum atomic E-state index is -1.17. The zero-order valence-electron chi connectivity index (χ0n) is 17.8. The predicted octanol–water partition coefficient (Wildman–Crippen LogP) is 2.88. The Hall–Kier alpha value is -3.47. The molecule has 2 aromatic heterocycles. The van der Waals surface area contributed by atoms with Gasteiger partial charge in [-0.05, 0) is 31.0 Å². The van der Waals surface area contributed by atoms with Crippen LogP contribution in [0.4, 0.5) is 16.4 Å². The Labute approximate surface area is 188 Å². The molecule has 3 aromatic rings. The van der Waals surface area contributed by atoms with Crippen molar-refractivity contribution in [2.24, 2.45) is 0 Å². The summed E-state index contributed by atoms with van der Waals surface area (Å²) in [6.45, 7) is 0.823. The largest absolute Gasteiger partial charge is 0.453 e. The number of ether oxygens (including phenoxy) is 1. The van der Waals surface area contributed by atoms with E-state index in [2.05, 4.69) is 35.0 Å². The van der Waals surface area contributed by atoms with Gasteiger partial charge in [0.1, 0.15) is 16.8 Å². The van der Waals surface area contributed by atoms with Gasteiger partial charge in [-0.25, -0.2) is 24.0 Å². The van der Waals surface area contributed by atoms with Crippen molar-refractivity contribution in [1.29, 1.82) is 0 Å². The Bertz CT molecular complexity index is 1130. The van der Waals surface area contributed by atoms with Crippen molar-refractivity contribution in [3.05, 3.63) is 42.4 Å². The van der Waals surface area contributed by atoms with Gasteiger partial charge in [0.15, 0.2) is 0 Å². The summed E-state index contributed by atoms with van der Waals surface area (Å²) in [6, 6.07) is 9.50. The molecule has 4 rings (SSSR count). The number of carbonyl (C=O) groups excluding carboxylic acids is 1. The third-order valence-electron chi connectivity index (χ3n) is 4.86. The van der Waals surface area contributed by atoms with Crippen LogP contribution in [-0.4, -0.2) is 56.7 Å². The molecule has 0 radical (unpaired) electrons. The van der Waals surface area contributed by atoms with E-state index in [4.69, 9.17) is 4.98 Å². The van der Waals surface area contributed by atoms with Crippen LogP contribution >= 0.6 is 0 Å². The number of amides is 1. The Morgan fingerprint density at radius 2 is 2.09 bits per heavy atom. The fraction of sp³-hybridized carbons (Fsp3) is 0.333. The van der Waals surface area contributed by atoms with Gasteiger partial charge < -0.3 is 25.1 Å². The van der Waals surface area contributed by atoms with E-state index in [0.29, 0.717) is 30.6 Å². The van der Waals surface area contributed by atoms with Gasteiger partial charge in [0.25, 0.3) is 0 Å². The molecule has 1 amide bonds. The molecule has 0 saturated heterocycles. The summed E-state index contributed by atoms with van der Waals surface area (Å²) in [5.74, 6) is 1.83. The van der Waals surface area contributed by atoms with E-state index in [1.54, 1.807) is 12.5 Å². The second-order valence-corrected chi connectivity index (χ2v) is 8.48. The standard InChI is InChI=1S/C21H25N7O3S/c1-31-21(29)24-11-10-23-20-22-9-8-16(25-20)18-17(26-19(27-18)13-6-7-13)14-4-3-5-15(12-14)28-32(2)30/h3-5,8-9,12-13,28H,6-7,10-11H2,1-2H3,(H,24,29)(H,26,27)(H,22,23,25). The summed E-state index contributed by atoms with van der Waals surface area (Å²) in [6.07, 6.45) is 5.02. The Balaban J connectivity index is 1.60. The molecule has 168 valence electrons. The number of anilines is 2. The maximum atomic E-state index is 11.6. The van der Waals surface area contributed by atoms with Gasteiger partial charge in [-0.15, -0.1) is 0 Å². The topological polar surface area (TPSA) is 134 Å². The van der Waals surface area contributed by atoms with Crippen LogP contribution in [0.15, 0.2) is 36.5 Å². The van der Waals surface area contributed by atoms with E-state index in [1.807, 2.05) is 30.3 Å². The van der Waals surface area contributed by atoms with Gasteiger partial charge in [-0.3, -0.25) is 0 Å². The van der Waals surface area contributed by atoms with Crippen LogP contribution in [-0.2, 0) is 15.7 Å². The molecular formula is C21H25N7O3S. The second-order valence-electron chi connectivity index (χ2n) is 7.37. The molecule has 1 fully saturated rings. The number of nitrogens with one attached hydrogen (secondary N) is 4. The summed E-state index contributed by atoms with van der Waals surface area (Å²) in [5.41, 5.74) is 3.95. The van der Waals surface area contributed by atoms with E-state index in [0.717, 1.165) is 41.3 Å². The number of carbonyl (C=O) groups is 1. The predicted molar refractivity (Wildman–Crippen MR) is 124 cm³/mol. The van der Waals surface area contributed by atoms with E-state index < -0.39 is 17.1 Å². The van der Waals surface area contributed by atoms with Crippen LogP contribution in [0.3, 0.4) is 0 Å². The molecule has 2 heterocycles. The van der Waals surface area contributed by atoms with Crippen molar-refractivity contribution in [1.82, 2.24) is 25.3 Å². The van der Waals surface area contributed by atoms with Crippen molar-refractivity contribution >= 4 is 28.7 Å². The first-order valence-electron chi connectivity index (χ1n) is 10.2. The minimum Gasteiger partial charge on any atom is -0.453 e. The van der Waals surface area contributed by atoms with Crippen LogP contribution in [0.1, 0.15) is 24.6 Å². The maximum absolute atomic E-state index is 11.6. The zero-order chi connectivity index (χ0) is 22.5. The SMILES string of the molecule is COC(=O)NCCNc1nccc(-c2[nH]c(C3CC3)nc2-c2cccc(NS(C)=O)c2)n1. The third-order valence-corrected chi connectivity index (χ3v) is 5.38. The van der Waals surface area contributed by atoms with Gasteiger partial charge in [0.05, 0.1) is 24.2 Å². The number of nitrogens with zero attached hydrogens (tertiary/aromatic N) is 3. The summed E-state index contributed by atoms with van der Waals surface area (Å²) in [4.78, 5) is 28.4. The number of alkyl carbamates (subject to hydrolysis) is 1. The molecule has 0 spiro atoms. The molecule has 1 aliphatic rings. The fourth-order valence-corrected chi connectivity index (χ4v) is 3.68. The zero-order valence-corrected chi connectivity index (χ0v) is 18.7. The smallest absolute Gasteiger partial charge is 0.406 e. The lowest BCUT2D eigenvalue weighted by Crippen LogP contribution is -2.28. The number of benzene rings is 1. The first kappa shape index (κ1) is 21.8. The third kappa shape index (κ3) is 5.41. The molecule has 1 aromatic carbocycles. The molecule has 1 atom stereocenters. The number of hydrogen-bond acceptors (Lipinski definition) is 7. The average Bonchev–Trinajstić information content (AvgIpc) is 3.54. The number of aromatic nitrogens is 4. The molecule has 32 heavy (non-hydrogen) atoms. The highest BCUT2D eigenvalue weighted by molar-refractivity contribution is 7.85. The molecule has 4 N–H and O–H groups in total. The van der Waals surface area contributed by atoms with E-state index in [-0.39, 0.29) is 0 Å². The van der Waals surface area contributed by atoms with Crippen molar-refractivity contribution in [3.63, 3.8) is 0 Å². The van der Waals surface area contributed by atoms with Crippen molar-refractivity contribution in [3.8, 4) is 22.6 Å². The summed E-state index contributed by atoms with van der Waals surface area (Å²) in [7, 11) is 0.153. The lowest BCUT2D eigenvalue weighted by atomic mass is 10.1. The Kier molecular flexibility index (Phi) is 6.64. The normalized spacial score (nSPS) is 13.9. The minimum absolute atomic E-state index is 0.375. The number of aromatic amines is 1. The number of H-pyrrole nitrogens is 1. The highest BCUT2D eigenvalue weighted by atomic mass is 32.2. The first-order valence-corrected chi connectivity index (χ1v) is 11.8. The van der Waals surface area contributed by atoms with Crippen LogP contribution < -0.4 is 15.4 Å². The lowest BCUT2D eigenvalue weighted by molar-refractivity contribution is 0.171. The fourth-order valence-electron chi connectivity index (χ4n) is 3.23. The number of hydrogen-bond donors (Lipinski definition) is 4. The van der Waals surface area contributed by atoms with Gasteiger partial charge in [-0.2, -0.15) is 0 Å². The summed E-state index contributed by atoms with van der Waals surface area (Å²) >= 11 is 0. The van der Waals surface area contributed by atoms with E-state index in [1.165, 1.54) is 7.11 Å². The summed E-state index contributed by atoms with van der Waals surface area (Å²) in [5, 5.41) is 5.69. The van der Waals surface area contributed by atoms with Gasteiger partial charge in [-0.1, -0.05) is 12.1 Å². The Morgan fingerprint density at radius 3 is 2.84 bits per heavy atom. The van der Waals surface area contributed by atoms with Gasteiger partial charge in [0.2, 0.25) is 5.95 Å². The van der Waals surface area contributed by atoms with Gasteiger partial charge >= 0.3 is 6.09 Å². The molecule has 1 aliphatic carbocycles. The highest BCUT2D eigenvalue weighted by Crippen LogP contribution is 2.41. The lowest BCUT2D eigenvalue weighted by Gasteiger charge is -2.08. The quantitative estimate of drug-likeness (QED) is 0.365. The first-order chi connectivity index (χ1) is 15.5. The second kappa shape index (κ2) is 9.77. The van der Waals surface area contributed by atoms with Crippen molar-refractivity contribution < 1.29 is 13.7 Å². The molecule has 0 aliphatic heterocycles. The average molecular weight is 456 g/mol. The molecule has 0 bridgehead atoms. The molecule has 11 heteroatoms. The van der Waals surface area contributed by atoms with Crippen LogP contribution in [0.25, 0.3) is 22.6 Å². The van der Waals surface area contributed by atoms with Crippen molar-refractivity contribution in [2.45, 2.75) is 18.8 Å². The van der Waals surface area contributed by atoms with Gasteiger partial charge in [0, 0.05) is 42.7 Å².